The molecule has 5 aromatic rings. The van der Waals surface area contributed by atoms with Gasteiger partial charge in [-0.05, 0) is 42.2 Å². The first-order valence-corrected chi connectivity index (χ1v) is 12.5. The van der Waals surface area contributed by atoms with Crippen LogP contribution in [0, 0.1) is 6.92 Å². The quantitative estimate of drug-likeness (QED) is 0.267. The van der Waals surface area contributed by atoms with Gasteiger partial charge in [0, 0.05) is 27.7 Å². The second kappa shape index (κ2) is 9.05. The molecule has 0 aliphatic heterocycles. The van der Waals surface area contributed by atoms with Gasteiger partial charge in [0.2, 0.25) is 0 Å². The van der Waals surface area contributed by atoms with Gasteiger partial charge in [-0.2, -0.15) is 0 Å². The van der Waals surface area contributed by atoms with Crippen molar-refractivity contribution in [3.8, 4) is 16.9 Å². The van der Waals surface area contributed by atoms with Gasteiger partial charge in [0.25, 0.3) is 0 Å². The maximum Gasteiger partial charge on any atom is 0.123 e. The Bertz CT molecular complexity index is 1590. The number of allylic oxidation sites excluding steroid dienone is 4. The van der Waals surface area contributed by atoms with E-state index in [2.05, 4.69) is 127 Å². The molecule has 0 radical (unpaired) electrons. The third kappa shape index (κ3) is 3.41. The predicted molar refractivity (Wildman–Crippen MR) is 150 cm³/mol. The molecule has 0 fully saturated rings. The van der Waals surface area contributed by atoms with E-state index < -0.39 is 5.41 Å². The molecule has 0 saturated carbocycles. The van der Waals surface area contributed by atoms with E-state index in [1.165, 1.54) is 38.9 Å². The van der Waals surface area contributed by atoms with E-state index in [0.29, 0.717) is 0 Å². The molecule has 1 N–H and O–H groups in total. The normalized spacial score (nSPS) is 14.6. The minimum absolute atomic E-state index is 0.575. The van der Waals surface area contributed by atoms with Crippen LogP contribution in [0.3, 0.4) is 0 Å². The Hall–Kier alpha value is -4.30. The van der Waals surface area contributed by atoms with E-state index >= 15 is 0 Å². The average molecular weight is 468 g/mol. The Morgan fingerprint density at radius 3 is 2.25 bits per heavy atom. The van der Waals surface area contributed by atoms with Crippen LogP contribution in [0.15, 0.2) is 127 Å². The van der Waals surface area contributed by atoms with Gasteiger partial charge in [-0.25, -0.2) is 0 Å². The highest BCUT2D eigenvalue weighted by Crippen LogP contribution is 2.53. The minimum Gasteiger partial charge on any atom is -0.496 e. The summed E-state index contributed by atoms with van der Waals surface area (Å²) < 4.78 is 6.04. The summed E-state index contributed by atoms with van der Waals surface area (Å²) in [5.74, 6) is 0.878. The summed E-state index contributed by atoms with van der Waals surface area (Å²) in [6, 6.07) is 36.8. The van der Waals surface area contributed by atoms with Gasteiger partial charge in [-0.1, -0.05) is 115 Å². The van der Waals surface area contributed by atoms with Crippen molar-refractivity contribution in [3.63, 3.8) is 0 Å². The number of aromatic amines is 1. The molecule has 1 aliphatic carbocycles. The summed E-state index contributed by atoms with van der Waals surface area (Å²) in [6.45, 7) is 2.14. The van der Waals surface area contributed by atoms with Gasteiger partial charge >= 0.3 is 0 Å². The summed E-state index contributed by atoms with van der Waals surface area (Å²) in [6.07, 6.45) is 7.58. The first kappa shape index (κ1) is 22.2. The Morgan fingerprint density at radius 1 is 0.778 bits per heavy atom. The zero-order chi connectivity index (χ0) is 24.5. The van der Waals surface area contributed by atoms with Crippen molar-refractivity contribution in [2.75, 3.05) is 7.11 Å². The lowest BCUT2D eigenvalue weighted by Crippen LogP contribution is -2.33. The predicted octanol–water partition coefficient (Wildman–Crippen LogP) is 8.37. The van der Waals surface area contributed by atoms with Crippen LogP contribution in [0.2, 0.25) is 0 Å². The number of hydrogen-bond donors (Lipinski definition) is 1. The molecule has 6 rings (SSSR count). The fraction of sp³-hybridized carbons (Fsp3) is 0.118. The van der Waals surface area contributed by atoms with E-state index in [4.69, 9.17) is 4.74 Å². The zero-order valence-electron chi connectivity index (χ0n) is 20.7. The lowest BCUT2D eigenvalue weighted by molar-refractivity contribution is 0.404. The van der Waals surface area contributed by atoms with Crippen LogP contribution in [0.5, 0.6) is 5.75 Å². The molecule has 0 amide bonds. The maximum absolute atomic E-state index is 6.04. The zero-order valence-corrected chi connectivity index (χ0v) is 20.7. The summed E-state index contributed by atoms with van der Waals surface area (Å²) in [7, 11) is 1.77. The Balaban J connectivity index is 1.82. The molecule has 1 aliphatic rings. The monoisotopic (exact) mass is 467 g/mol. The molecule has 0 spiro atoms. The van der Waals surface area contributed by atoms with Crippen LogP contribution in [0.25, 0.3) is 22.0 Å². The first-order chi connectivity index (χ1) is 17.7. The van der Waals surface area contributed by atoms with Crippen molar-refractivity contribution >= 4 is 10.9 Å². The highest BCUT2D eigenvalue weighted by atomic mass is 16.5. The largest absolute Gasteiger partial charge is 0.496 e. The van der Waals surface area contributed by atoms with Crippen molar-refractivity contribution in [2.24, 2.45) is 0 Å². The summed E-state index contributed by atoms with van der Waals surface area (Å²) in [5.41, 5.74) is 9.06. The fourth-order valence-electron chi connectivity index (χ4n) is 5.76. The molecule has 4 aromatic carbocycles. The molecular formula is C34H29NO. The molecular weight excluding hydrogens is 438 g/mol. The molecule has 1 heterocycles. The number of hydrogen-bond acceptors (Lipinski definition) is 1. The van der Waals surface area contributed by atoms with E-state index in [1.54, 1.807) is 7.11 Å². The van der Waals surface area contributed by atoms with Crippen molar-refractivity contribution in [2.45, 2.75) is 18.8 Å². The van der Waals surface area contributed by atoms with Crippen LogP contribution in [0.1, 0.15) is 28.8 Å². The van der Waals surface area contributed by atoms with Crippen LogP contribution in [-0.4, -0.2) is 12.1 Å². The standard InChI is InChI=1S/C34H29NO/c1-24-20-22-27(23-21-24)34(26-14-6-7-15-26,29-17-9-11-19-31(29)36-2)33-32(25-12-4-3-5-13-25)28-16-8-10-18-30(28)35-33/h3-14,16-23,35H,15H2,1-2H3/t34-/m0/s1. The number of benzene rings is 4. The van der Waals surface area contributed by atoms with Crippen LogP contribution in [-0.2, 0) is 5.41 Å². The number of aromatic nitrogens is 1. The third-order valence-electron chi connectivity index (χ3n) is 7.39. The van der Waals surface area contributed by atoms with Crippen molar-refractivity contribution in [3.05, 3.63) is 149 Å². The molecule has 1 aromatic heterocycles. The van der Waals surface area contributed by atoms with Crippen LogP contribution >= 0.6 is 0 Å². The van der Waals surface area contributed by atoms with Gasteiger partial charge < -0.3 is 9.72 Å². The first-order valence-electron chi connectivity index (χ1n) is 12.5. The molecule has 0 unspecified atom stereocenters. The molecule has 1 atom stereocenters. The number of aryl methyl sites for hydroxylation is 1. The highest BCUT2D eigenvalue weighted by molar-refractivity contribution is 5.99. The number of methoxy groups -OCH3 is 1. The smallest absolute Gasteiger partial charge is 0.123 e. The van der Waals surface area contributed by atoms with E-state index in [0.717, 1.165) is 23.3 Å². The molecule has 36 heavy (non-hydrogen) atoms. The van der Waals surface area contributed by atoms with Crippen LogP contribution in [0.4, 0.5) is 0 Å². The average Bonchev–Trinajstić information content (AvgIpc) is 3.60. The number of para-hydroxylation sites is 2. The second-order valence-corrected chi connectivity index (χ2v) is 9.43. The Morgan fingerprint density at radius 2 is 1.50 bits per heavy atom. The number of ether oxygens (including phenoxy) is 1. The summed E-state index contributed by atoms with van der Waals surface area (Å²) in [4.78, 5) is 3.92. The SMILES string of the molecule is COc1ccccc1[C@](C1=CC=CC1)(c1ccc(C)cc1)c1[nH]c2ccccc2c1-c1ccccc1. The van der Waals surface area contributed by atoms with E-state index in [9.17, 15) is 0 Å². The van der Waals surface area contributed by atoms with Gasteiger partial charge in [-0.15, -0.1) is 0 Å². The van der Waals surface area contributed by atoms with Crippen molar-refractivity contribution < 1.29 is 4.74 Å². The Kier molecular flexibility index (Phi) is 5.58. The van der Waals surface area contributed by atoms with E-state index in [1.807, 2.05) is 6.07 Å². The lowest BCUT2D eigenvalue weighted by atomic mass is 9.64. The number of rotatable bonds is 6. The third-order valence-corrected chi connectivity index (χ3v) is 7.39. The fourth-order valence-corrected chi connectivity index (χ4v) is 5.76. The lowest BCUT2D eigenvalue weighted by Gasteiger charge is -2.38. The van der Waals surface area contributed by atoms with Gasteiger partial charge in [0.15, 0.2) is 0 Å². The molecule has 176 valence electrons. The van der Waals surface area contributed by atoms with Gasteiger partial charge in [0.05, 0.1) is 12.5 Å². The molecule has 0 saturated heterocycles. The van der Waals surface area contributed by atoms with Gasteiger partial charge in [-0.3, -0.25) is 0 Å². The molecule has 2 nitrogen and oxygen atoms in total. The topological polar surface area (TPSA) is 25.0 Å². The van der Waals surface area contributed by atoms with Crippen LogP contribution < -0.4 is 4.74 Å². The maximum atomic E-state index is 6.04. The number of fused-ring (bicyclic) bond motifs is 1. The molecule has 0 bridgehead atoms. The summed E-state index contributed by atoms with van der Waals surface area (Å²) >= 11 is 0. The summed E-state index contributed by atoms with van der Waals surface area (Å²) in [5, 5.41) is 1.22. The van der Waals surface area contributed by atoms with Crippen molar-refractivity contribution in [1.29, 1.82) is 0 Å². The highest BCUT2D eigenvalue weighted by Gasteiger charge is 2.45. The van der Waals surface area contributed by atoms with Gasteiger partial charge in [0.1, 0.15) is 5.75 Å². The second-order valence-electron chi connectivity index (χ2n) is 9.43. The van der Waals surface area contributed by atoms with Crippen molar-refractivity contribution in [1.82, 2.24) is 4.98 Å². The minimum atomic E-state index is -0.575. The molecule has 2 heteroatoms. The Labute approximate surface area is 212 Å². The number of nitrogens with one attached hydrogen (secondary N) is 1. The van der Waals surface area contributed by atoms with E-state index in [-0.39, 0.29) is 0 Å². The number of H-pyrrole nitrogens is 1.